The van der Waals surface area contributed by atoms with E-state index in [0.717, 1.165) is 24.3 Å². The lowest BCUT2D eigenvalue weighted by Gasteiger charge is -2.34. The summed E-state index contributed by atoms with van der Waals surface area (Å²) in [6.07, 6.45) is 0. The molecule has 1 unspecified atom stereocenters. The van der Waals surface area contributed by atoms with Crippen molar-refractivity contribution in [2.24, 2.45) is 10.7 Å². The van der Waals surface area contributed by atoms with E-state index in [2.05, 4.69) is 15.2 Å². The molecule has 0 amide bonds. The van der Waals surface area contributed by atoms with Gasteiger partial charge in [-0.1, -0.05) is 29.8 Å². The highest BCUT2D eigenvalue weighted by Crippen LogP contribution is 2.23. The second-order valence-electron chi connectivity index (χ2n) is 6.43. The summed E-state index contributed by atoms with van der Waals surface area (Å²) >= 11 is 0. The summed E-state index contributed by atoms with van der Waals surface area (Å²) in [5.74, 6) is 0.132. The maximum absolute atomic E-state index is 13.3. The van der Waals surface area contributed by atoms with Gasteiger partial charge < -0.3 is 15.8 Å². The van der Waals surface area contributed by atoms with Gasteiger partial charge in [0, 0.05) is 18.8 Å². The lowest BCUT2D eigenvalue weighted by Crippen LogP contribution is -2.40. The van der Waals surface area contributed by atoms with Crippen LogP contribution in [0.25, 0.3) is 0 Å². The quantitative estimate of drug-likeness (QED) is 0.387. The number of nitrogens with two attached hydrogens (primary N) is 1. The van der Waals surface area contributed by atoms with E-state index in [1.165, 1.54) is 17.7 Å². The molecule has 0 bridgehead atoms. The van der Waals surface area contributed by atoms with Crippen molar-refractivity contribution < 1.29 is 9.13 Å². The predicted octanol–water partition coefficient (Wildman–Crippen LogP) is 3.55. The molecule has 1 saturated heterocycles. The molecule has 7 heteroatoms. The average molecular weight is 484 g/mol. The van der Waals surface area contributed by atoms with Gasteiger partial charge in [-0.25, -0.2) is 4.39 Å². The van der Waals surface area contributed by atoms with E-state index in [9.17, 15) is 4.39 Å². The largest absolute Gasteiger partial charge is 0.379 e. The van der Waals surface area contributed by atoms with E-state index in [4.69, 9.17) is 10.5 Å². The number of anilines is 1. The number of ether oxygens (including phenoxy) is 1. The Morgan fingerprint density at radius 3 is 2.41 bits per heavy atom. The van der Waals surface area contributed by atoms with Crippen molar-refractivity contribution in [3.05, 3.63) is 65.5 Å². The first kappa shape index (κ1) is 21.6. The van der Waals surface area contributed by atoms with E-state index in [1.54, 1.807) is 0 Å². The van der Waals surface area contributed by atoms with Crippen LogP contribution in [0.4, 0.5) is 10.1 Å². The van der Waals surface area contributed by atoms with E-state index in [-0.39, 0.29) is 35.8 Å². The van der Waals surface area contributed by atoms with Crippen LogP contribution in [-0.4, -0.2) is 43.7 Å². The summed E-state index contributed by atoms with van der Waals surface area (Å²) in [6, 6.07) is 14.6. The molecule has 0 spiro atoms. The number of hydrogen-bond donors (Lipinski definition) is 2. The molecule has 0 saturated carbocycles. The molecule has 2 aromatic rings. The Hall–Kier alpha value is -1.71. The number of nitrogens with zero attached hydrogens (tertiary/aromatic N) is 2. The lowest BCUT2D eigenvalue weighted by atomic mass is 10.0. The number of halogens is 2. The fraction of sp³-hybridized carbons (Fsp3) is 0.350. The molecule has 0 radical (unpaired) electrons. The Morgan fingerprint density at radius 2 is 1.78 bits per heavy atom. The molecule has 1 fully saturated rings. The van der Waals surface area contributed by atoms with Crippen molar-refractivity contribution in [3.8, 4) is 0 Å². The minimum atomic E-state index is -0.237. The number of guanidine groups is 1. The number of aryl methyl sites for hydroxylation is 1. The van der Waals surface area contributed by atoms with E-state index in [1.807, 2.05) is 43.3 Å². The molecule has 3 rings (SSSR count). The van der Waals surface area contributed by atoms with Gasteiger partial charge in [-0.05, 0) is 36.8 Å². The third-order valence-electron chi connectivity index (χ3n) is 4.50. The maximum Gasteiger partial charge on any atom is 0.193 e. The van der Waals surface area contributed by atoms with Gasteiger partial charge in [0.1, 0.15) is 5.82 Å². The van der Waals surface area contributed by atoms with Crippen molar-refractivity contribution in [1.82, 2.24) is 4.90 Å². The van der Waals surface area contributed by atoms with Crippen LogP contribution in [0.3, 0.4) is 0 Å². The zero-order chi connectivity index (χ0) is 18.4. The van der Waals surface area contributed by atoms with Crippen molar-refractivity contribution in [1.29, 1.82) is 0 Å². The van der Waals surface area contributed by atoms with Gasteiger partial charge in [0.15, 0.2) is 5.96 Å². The van der Waals surface area contributed by atoms with Gasteiger partial charge in [0.2, 0.25) is 0 Å². The van der Waals surface area contributed by atoms with Gasteiger partial charge in [0.25, 0.3) is 0 Å². The van der Waals surface area contributed by atoms with E-state index in [0.29, 0.717) is 25.7 Å². The molecular weight excluding hydrogens is 458 g/mol. The Balaban J connectivity index is 0.00000261. The van der Waals surface area contributed by atoms with Crippen LogP contribution in [0, 0.1) is 12.7 Å². The SMILES string of the molecule is Cc1ccc(NC(N)=NCC(c2ccc(F)cc2)N2CCOCC2)cc1.I. The number of morpholine rings is 1. The molecule has 1 atom stereocenters. The predicted molar refractivity (Wildman–Crippen MR) is 118 cm³/mol. The molecular formula is C20H26FIN4O. The minimum Gasteiger partial charge on any atom is -0.379 e. The summed E-state index contributed by atoms with van der Waals surface area (Å²) in [5.41, 5.74) is 9.18. The maximum atomic E-state index is 13.3. The fourth-order valence-electron chi connectivity index (χ4n) is 3.01. The van der Waals surface area contributed by atoms with Crippen molar-refractivity contribution >= 4 is 35.6 Å². The van der Waals surface area contributed by atoms with Gasteiger partial charge >= 0.3 is 0 Å². The smallest absolute Gasteiger partial charge is 0.193 e. The van der Waals surface area contributed by atoms with Crippen molar-refractivity contribution in [2.45, 2.75) is 13.0 Å². The zero-order valence-electron chi connectivity index (χ0n) is 15.4. The summed E-state index contributed by atoms with van der Waals surface area (Å²) in [5, 5.41) is 3.11. The highest BCUT2D eigenvalue weighted by Gasteiger charge is 2.22. The van der Waals surface area contributed by atoms with Crippen molar-refractivity contribution in [3.63, 3.8) is 0 Å². The van der Waals surface area contributed by atoms with Gasteiger partial charge in [-0.3, -0.25) is 9.89 Å². The second-order valence-corrected chi connectivity index (χ2v) is 6.43. The van der Waals surface area contributed by atoms with Crippen LogP contribution >= 0.6 is 24.0 Å². The van der Waals surface area contributed by atoms with Crippen LogP contribution < -0.4 is 11.1 Å². The molecule has 1 aliphatic rings. The molecule has 3 N–H and O–H groups in total. The third kappa shape index (κ3) is 6.44. The summed E-state index contributed by atoms with van der Waals surface area (Å²) in [7, 11) is 0. The van der Waals surface area contributed by atoms with E-state index >= 15 is 0 Å². The minimum absolute atomic E-state index is 0. The topological polar surface area (TPSA) is 62.9 Å². The van der Waals surface area contributed by atoms with Crippen LogP contribution in [-0.2, 0) is 4.74 Å². The monoisotopic (exact) mass is 484 g/mol. The summed E-state index contributed by atoms with van der Waals surface area (Å²) in [4.78, 5) is 6.83. The molecule has 5 nitrogen and oxygen atoms in total. The van der Waals surface area contributed by atoms with Crippen molar-refractivity contribution in [2.75, 3.05) is 38.2 Å². The van der Waals surface area contributed by atoms with E-state index < -0.39 is 0 Å². The normalized spacial score (nSPS) is 16.4. The first-order valence-electron chi connectivity index (χ1n) is 8.83. The molecule has 146 valence electrons. The second kappa shape index (κ2) is 10.6. The molecule has 0 aliphatic carbocycles. The zero-order valence-corrected chi connectivity index (χ0v) is 17.7. The molecule has 1 aliphatic heterocycles. The van der Waals surface area contributed by atoms with Gasteiger partial charge in [-0.15, -0.1) is 24.0 Å². The number of benzene rings is 2. The summed E-state index contributed by atoms with van der Waals surface area (Å²) < 4.78 is 18.7. The van der Waals surface area contributed by atoms with Crippen LogP contribution in [0.2, 0.25) is 0 Å². The number of rotatable bonds is 5. The standard InChI is InChI=1S/C20H25FN4O.HI/c1-15-2-8-18(9-3-15)24-20(22)23-14-19(25-10-12-26-13-11-25)16-4-6-17(21)7-5-16;/h2-9,19H,10-14H2,1H3,(H3,22,23,24);1H. The molecule has 0 aromatic heterocycles. The molecule has 27 heavy (non-hydrogen) atoms. The Bertz CT molecular complexity index is 731. The lowest BCUT2D eigenvalue weighted by molar-refractivity contribution is 0.0180. The molecule has 2 aromatic carbocycles. The number of aliphatic imine (C=N–C) groups is 1. The Labute approximate surface area is 176 Å². The first-order chi connectivity index (χ1) is 12.6. The first-order valence-corrected chi connectivity index (χ1v) is 8.83. The number of hydrogen-bond acceptors (Lipinski definition) is 3. The summed E-state index contributed by atoms with van der Waals surface area (Å²) in [6.45, 7) is 5.57. The van der Waals surface area contributed by atoms with Crippen LogP contribution in [0.5, 0.6) is 0 Å². The highest BCUT2D eigenvalue weighted by molar-refractivity contribution is 14.0. The highest BCUT2D eigenvalue weighted by atomic mass is 127. The Morgan fingerprint density at radius 1 is 1.15 bits per heavy atom. The van der Waals surface area contributed by atoms with Crippen LogP contribution in [0.15, 0.2) is 53.5 Å². The third-order valence-corrected chi connectivity index (χ3v) is 4.50. The fourth-order valence-corrected chi connectivity index (χ4v) is 3.01. The van der Waals surface area contributed by atoms with Gasteiger partial charge in [-0.2, -0.15) is 0 Å². The molecule has 1 heterocycles. The van der Waals surface area contributed by atoms with Gasteiger partial charge in [0.05, 0.1) is 25.8 Å². The average Bonchev–Trinajstić information content (AvgIpc) is 2.66. The number of nitrogens with one attached hydrogen (secondary N) is 1. The van der Waals surface area contributed by atoms with Crippen LogP contribution in [0.1, 0.15) is 17.2 Å². The Kier molecular flexibility index (Phi) is 8.46.